The molecule has 4 amide bonds. The molecule has 2 aromatic carbocycles. The van der Waals surface area contributed by atoms with Gasteiger partial charge in [0, 0.05) is 18.2 Å². The quantitative estimate of drug-likeness (QED) is 0.541. The Morgan fingerprint density at radius 1 is 1.12 bits per heavy atom. The normalized spacial score (nSPS) is 15.4. The van der Waals surface area contributed by atoms with Crippen molar-refractivity contribution < 1.29 is 28.3 Å². The minimum atomic E-state index is -1.01. The lowest BCUT2D eigenvalue weighted by Crippen LogP contribution is -2.45. The lowest BCUT2D eigenvalue weighted by molar-refractivity contribution is -0.122. The van der Waals surface area contributed by atoms with E-state index in [1.165, 1.54) is 25.2 Å². The molecule has 1 saturated heterocycles. The number of methoxy groups -OCH3 is 1. The van der Waals surface area contributed by atoms with Gasteiger partial charge >= 0.3 is 0 Å². The summed E-state index contributed by atoms with van der Waals surface area (Å²) >= 11 is 0. The van der Waals surface area contributed by atoms with Crippen LogP contribution in [0.2, 0.25) is 0 Å². The van der Waals surface area contributed by atoms with Gasteiger partial charge in [-0.05, 0) is 54.6 Å². The van der Waals surface area contributed by atoms with Gasteiger partial charge in [-0.25, -0.2) is 4.90 Å². The van der Waals surface area contributed by atoms with Gasteiger partial charge in [0.05, 0.1) is 32.0 Å². The Balaban J connectivity index is 1.63. The molecule has 0 saturated carbocycles. The number of imide groups is 1. The predicted molar refractivity (Wildman–Crippen MR) is 123 cm³/mol. The van der Waals surface area contributed by atoms with Crippen LogP contribution in [0.1, 0.15) is 29.5 Å². The first-order chi connectivity index (χ1) is 16.4. The number of rotatable bonds is 7. The van der Waals surface area contributed by atoms with E-state index in [-0.39, 0.29) is 18.9 Å². The van der Waals surface area contributed by atoms with Gasteiger partial charge in [0.15, 0.2) is 0 Å². The molecule has 2 heterocycles. The fourth-order valence-electron chi connectivity index (χ4n) is 3.84. The summed E-state index contributed by atoms with van der Waals surface area (Å²) in [6.45, 7) is 1.40. The molecule has 174 valence electrons. The monoisotopic (exact) mass is 461 g/mol. The van der Waals surface area contributed by atoms with E-state index in [0.717, 1.165) is 4.90 Å². The smallest absolute Gasteiger partial charge is 0.257 e. The number of anilines is 2. The highest BCUT2D eigenvalue weighted by Gasteiger charge is 2.44. The van der Waals surface area contributed by atoms with Crippen molar-refractivity contribution in [3.8, 4) is 5.75 Å². The van der Waals surface area contributed by atoms with Crippen molar-refractivity contribution >= 4 is 35.0 Å². The summed E-state index contributed by atoms with van der Waals surface area (Å²) in [7, 11) is 1.50. The average molecular weight is 461 g/mol. The molecule has 1 unspecified atom stereocenters. The molecule has 9 nitrogen and oxygen atoms in total. The van der Waals surface area contributed by atoms with Gasteiger partial charge in [-0.1, -0.05) is 6.07 Å². The number of carbonyl (C=O) groups is 4. The van der Waals surface area contributed by atoms with Crippen molar-refractivity contribution in [2.24, 2.45) is 0 Å². The number of nitrogens with zero attached hydrogens (tertiary/aromatic N) is 2. The number of amides is 4. The van der Waals surface area contributed by atoms with Crippen LogP contribution in [0.4, 0.5) is 11.4 Å². The molecule has 0 aliphatic carbocycles. The van der Waals surface area contributed by atoms with E-state index >= 15 is 0 Å². The van der Waals surface area contributed by atoms with Crippen molar-refractivity contribution in [2.45, 2.75) is 25.9 Å². The van der Waals surface area contributed by atoms with Crippen LogP contribution >= 0.6 is 0 Å². The molecule has 1 N–H and O–H groups in total. The highest BCUT2D eigenvalue weighted by molar-refractivity contribution is 6.23. The van der Waals surface area contributed by atoms with Crippen molar-refractivity contribution in [1.29, 1.82) is 0 Å². The molecule has 1 atom stereocenters. The maximum atomic E-state index is 13.5. The predicted octanol–water partition coefficient (Wildman–Crippen LogP) is 3.22. The van der Waals surface area contributed by atoms with Crippen LogP contribution in [-0.4, -0.2) is 41.7 Å². The topological polar surface area (TPSA) is 109 Å². The van der Waals surface area contributed by atoms with Gasteiger partial charge in [-0.15, -0.1) is 0 Å². The van der Waals surface area contributed by atoms with Gasteiger partial charge in [-0.3, -0.25) is 19.2 Å². The van der Waals surface area contributed by atoms with Crippen LogP contribution < -0.4 is 15.0 Å². The highest BCUT2D eigenvalue weighted by atomic mass is 16.5. The highest BCUT2D eigenvalue weighted by Crippen LogP contribution is 2.29. The molecule has 0 bridgehead atoms. The molecule has 34 heavy (non-hydrogen) atoms. The first kappa shape index (κ1) is 22.8. The molecule has 4 rings (SSSR count). The molecule has 0 radical (unpaired) electrons. The number of benzene rings is 2. The number of ether oxygens (including phenoxy) is 1. The second-order valence-corrected chi connectivity index (χ2v) is 7.76. The summed E-state index contributed by atoms with van der Waals surface area (Å²) in [5.41, 5.74) is 1.22. The van der Waals surface area contributed by atoms with Gasteiger partial charge in [0.2, 0.25) is 11.8 Å². The van der Waals surface area contributed by atoms with Gasteiger partial charge in [-0.2, -0.15) is 0 Å². The first-order valence-electron chi connectivity index (χ1n) is 10.6. The standard InChI is InChI=1S/C25H23N3O6/c1-16(29)26-18-8-10-19(11-9-18)28-23(30)14-22(25(28)32)27(15-21-7-4-12-34-21)24(31)17-5-3-6-20(13-17)33-2/h3-13,22H,14-15H2,1-2H3,(H,26,29). The molecule has 1 fully saturated rings. The van der Waals surface area contributed by atoms with E-state index in [2.05, 4.69) is 5.32 Å². The number of hydrogen-bond donors (Lipinski definition) is 1. The number of hydrogen-bond acceptors (Lipinski definition) is 6. The zero-order chi connectivity index (χ0) is 24.2. The molecular formula is C25H23N3O6. The van der Waals surface area contributed by atoms with Crippen molar-refractivity contribution in [1.82, 2.24) is 4.90 Å². The third-order valence-electron chi connectivity index (χ3n) is 5.43. The summed E-state index contributed by atoms with van der Waals surface area (Å²) in [6, 6.07) is 15.3. The molecule has 1 aliphatic heterocycles. The number of nitrogens with one attached hydrogen (secondary N) is 1. The largest absolute Gasteiger partial charge is 0.497 e. The first-order valence-corrected chi connectivity index (χ1v) is 10.6. The van der Waals surface area contributed by atoms with Gasteiger partial charge in [0.1, 0.15) is 17.6 Å². The van der Waals surface area contributed by atoms with Crippen LogP contribution in [0.25, 0.3) is 0 Å². The van der Waals surface area contributed by atoms with Crippen LogP contribution in [0.15, 0.2) is 71.3 Å². The Morgan fingerprint density at radius 2 is 1.88 bits per heavy atom. The van der Waals surface area contributed by atoms with E-state index in [9.17, 15) is 19.2 Å². The van der Waals surface area contributed by atoms with Gasteiger partial charge < -0.3 is 19.4 Å². The molecule has 3 aromatic rings. The van der Waals surface area contributed by atoms with Crippen LogP contribution in [0, 0.1) is 0 Å². The molecular weight excluding hydrogens is 438 g/mol. The Bertz CT molecular complexity index is 1220. The van der Waals surface area contributed by atoms with E-state index in [0.29, 0.717) is 28.4 Å². The maximum absolute atomic E-state index is 13.5. The van der Waals surface area contributed by atoms with Crippen LogP contribution in [0.3, 0.4) is 0 Å². The minimum Gasteiger partial charge on any atom is -0.497 e. The zero-order valence-electron chi connectivity index (χ0n) is 18.7. The van der Waals surface area contributed by atoms with Crippen LogP contribution in [0.5, 0.6) is 5.75 Å². The Hall–Kier alpha value is -4.40. The maximum Gasteiger partial charge on any atom is 0.257 e. The van der Waals surface area contributed by atoms with Crippen LogP contribution in [-0.2, 0) is 20.9 Å². The van der Waals surface area contributed by atoms with Crippen molar-refractivity contribution in [3.63, 3.8) is 0 Å². The summed E-state index contributed by atoms with van der Waals surface area (Å²) in [4.78, 5) is 53.4. The second kappa shape index (κ2) is 9.62. The number of carbonyl (C=O) groups excluding carboxylic acids is 4. The van der Waals surface area contributed by atoms with E-state index < -0.39 is 23.8 Å². The van der Waals surface area contributed by atoms with E-state index in [1.807, 2.05) is 0 Å². The summed E-state index contributed by atoms with van der Waals surface area (Å²) < 4.78 is 10.6. The Kier molecular flexibility index (Phi) is 6.44. The van der Waals surface area contributed by atoms with E-state index in [4.69, 9.17) is 9.15 Å². The SMILES string of the molecule is COc1cccc(C(=O)N(Cc2ccco2)C2CC(=O)N(c3ccc(NC(C)=O)cc3)C2=O)c1. The fraction of sp³-hybridized carbons (Fsp3) is 0.200. The number of furan rings is 1. The summed E-state index contributed by atoms with van der Waals surface area (Å²) in [6.07, 6.45) is 1.32. The van der Waals surface area contributed by atoms with Crippen molar-refractivity contribution in [2.75, 3.05) is 17.3 Å². The Labute approximate surface area is 195 Å². The molecule has 1 aromatic heterocycles. The summed E-state index contributed by atoms with van der Waals surface area (Å²) in [5.74, 6) is -0.617. The van der Waals surface area contributed by atoms with E-state index in [1.54, 1.807) is 60.7 Å². The molecule has 1 aliphatic rings. The fourth-order valence-corrected chi connectivity index (χ4v) is 3.84. The average Bonchev–Trinajstić information content (AvgIpc) is 3.44. The zero-order valence-corrected chi connectivity index (χ0v) is 18.7. The third kappa shape index (κ3) is 4.68. The molecule has 9 heteroatoms. The summed E-state index contributed by atoms with van der Waals surface area (Å²) in [5, 5.41) is 2.64. The second-order valence-electron chi connectivity index (χ2n) is 7.76. The van der Waals surface area contributed by atoms with Gasteiger partial charge in [0.25, 0.3) is 11.8 Å². The Morgan fingerprint density at radius 3 is 2.53 bits per heavy atom. The third-order valence-corrected chi connectivity index (χ3v) is 5.43. The van der Waals surface area contributed by atoms with Crippen molar-refractivity contribution in [3.05, 3.63) is 78.3 Å². The molecule has 0 spiro atoms. The lowest BCUT2D eigenvalue weighted by Gasteiger charge is -2.27. The minimum absolute atomic E-state index is 0.0159. The lowest BCUT2D eigenvalue weighted by atomic mass is 10.1.